The molecule has 2 aliphatic rings. The molecular weight excluding hydrogens is 186 g/mol. The summed E-state index contributed by atoms with van der Waals surface area (Å²) in [5, 5.41) is 19.6. The van der Waals surface area contributed by atoms with Crippen LogP contribution in [0, 0.1) is 28.6 Å². The van der Waals surface area contributed by atoms with Gasteiger partial charge in [-0.1, -0.05) is 26.2 Å². The van der Waals surface area contributed by atoms with Crippen molar-refractivity contribution in [2.45, 2.75) is 58.0 Å². The van der Waals surface area contributed by atoms with Crippen LogP contribution < -0.4 is 0 Å². The first-order valence-corrected chi connectivity index (χ1v) is 6.32. The normalized spacial score (nSPS) is 40.3. The van der Waals surface area contributed by atoms with Gasteiger partial charge in [-0.15, -0.1) is 0 Å². The Morgan fingerprint density at radius 3 is 2.80 bits per heavy atom. The molecule has 2 aliphatic carbocycles. The van der Waals surface area contributed by atoms with E-state index in [1.807, 2.05) is 0 Å². The van der Waals surface area contributed by atoms with Gasteiger partial charge in [0.1, 0.15) is 0 Å². The minimum atomic E-state index is -0.377. The molecule has 1 N–H and O–H groups in total. The Morgan fingerprint density at radius 1 is 1.53 bits per heavy atom. The average Bonchev–Trinajstić information content (AvgIpc) is 2.85. The van der Waals surface area contributed by atoms with Gasteiger partial charge in [-0.25, -0.2) is 0 Å². The summed E-state index contributed by atoms with van der Waals surface area (Å²) in [6.07, 6.45) is 7.19. The molecule has 2 rings (SSSR count). The predicted molar refractivity (Wildman–Crippen MR) is 59.0 cm³/mol. The summed E-state index contributed by atoms with van der Waals surface area (Å²) in [6.45, 7) is 2.13. The van der Waals surface area contributed by atoms with Gasteiger partial charge in [-0.05, 0) is 37.5 Å². The lowest BCUT2D eigenvalue weighted by Crippen LogP contribution is -2.38. The fourth-order valence-electron chi connectivity index (χ4n) is 3.65. The Morgan fingerprint density at radius 2 is 2.33 bits per heavy atom. The fraction of sp³-hybridized carbons (Fsp3) is 0.923. The van der Waals surface area contributed by atoms with E-state index in [-0.39, 0.29) is 11.5 Å². The summed E-state index contributed by atoms with van der Waals surface area (Å²) < 4.78 is 0. The maximum atomic E-state index is 10.2. The Labute approximate surface area is 92.3 Å². The zero-order valence-corrected chi connectivity index (χ0v) is 9.58. The highest BCUT2D eigenvalue weighted by atomic mass is 16.3. The molecule has 2 bridgehead atoms. The lowest BCUT2D eigenvalue weighted by atomic mass is 9.69. The van der Waals surface area contributed by atoms with Crippen molar-refractivity contribution in [1.29, 1.82) is 5.26 Å². The number of nitriles is 1. The highest BCUT2D eigenvalue weighted by Crippen LogP contribution is 2.57. The zero-order chi connectivity index (χ0) is 10.9. The molecule has 0 amide bonds. The molecule has 0 aromatic carbocycles. The summed E-state index contributed by atoms with van der Waals surface area (Å²) in [6, 6.07) is 2.47. The van der Waals surface area contributed by atoms with Gasteiger partial charge in [0.25, 0.3) is 0 Å². The molecule has 0 radical (unpaired) electrons. The number of aliphatic hydroxyl groups is 1. The van der Waals surface area contributed by atoms with Gasteiger partial charge in [0.15, 0.2) is 0 Å². The summed E-state index contributed by atoms with van der Waals surface area (Å²) in [5.41, 5.74) is -0.377. The molecule has 0 heterocycles. The minimum absolute atomic E-state index is 0.377. The first kappa shape index (κ1) is 11.0. The average molecular weight is 207 g/mol. The number of fused-ring (bicyclic) bond motifs is 2. The van der Waals surface area contributed by atoms with Crippen LogP contribution in [0.2, 0.25) is 0 Å². The molecule has 2 nitrogen and oxygen atoms in total. The van der Waals surface area contributed by atoms with E-state index in [9.17, 15) is 10.4 Å². The van der Waals surface area contributed by atoms with Gasteiger partial charge < -0.3 is 5.11 Å². The van der Waals surface area contributed by atoms with Gasteiger partial charge in [-0.2, -0.15) is 5.26 Å². The lowest BCUT2D eigenvalue weighted by Gasteiger charge is -2.35. The van der Waals surface area contributed by atoms with Crippen LogP contribution in [-0.4, -0.2) is 11.2 Å². The molecule has 4 atom stereocenters. The van der Waals surface area contributed by atoms with Gasteiger partial charge in [0, 0.05) is 0 Å². The lowest BCUT2D eigenvalue weighted by molar-refractivity contribution is 0.0174. The molecule has 2 fully saturated rings. The number of unbranched alkanes of at least 4 members (excludes halogenated alkanes) is 1. The third-order valence-electron chi connectivity index (χ3n) is 4.53. The third kappa shape index (κ3) is 1.67. The van der Waals surface area contributed by atoms with Crippen LogP contribution >= 0.6 is 0 Å². The van der Waals surface area contributed by atoms with Crippen LogP contribution in [0.4, 0.5) is 0 Å². The van der Waals surface area contributed by atoms with Crippen molar-refractivity contribution in [1.82, 2.24) is 0 Å². The van der Waals surface area contributed by atoms with Crippen molar-refractivity contribution in [3.05, 3.63) is 0 Å². The minimum Gasteiger partial charge on any atom is -0.391 e. The van der Waals surface area contributed by atoms with Crippen LogP contribution in [0.15, 0.2) is 0 Å². The Hall–Kier alpha value is -0.550. The van der Waals surface area contributed by atoms with Crippen molar-refractivity contribution in [2.75, 3.05) is 0 Å². The molecular formula is C13H21NO. The van der Waals surface area contributed by atoms with Crippen molar-refractivity contribution in [2.24, 2.45) is 17.3 Å². The highest BCUT2D eigenvalue weighted by molar-refractivity contribution is 5.14. The third-order valence-corrected chi connectivity index (χ3v) is 4.53. The molecule has 0 aromatic heterocycles. The van der Waals surface area contributed by atoms with Crippen molar-refractivity contribution in [3.63, 3.8) is 0 Å². The SMILES string of the molecule is CCCCC(O)C1(C#N)CC2CCC1C2. The number of aliphatic hydroxyl groups excluding tert-OH is 1. The molecule has 0 aromatic rings. The van der Waals surface area contributed by atoms with E-state index < -0.39 is 0 Å². The van der Waals surface area contributed by atoms with E-state index in [1.165, 1.54) is 19.3 Å². The maximum Gasteiger partial charge on any atom is 0.0862 e. The molecule has 0 saturated heterocycles. The summed E-state index contributed by atoms with van der Waals surface area (Å²) in [7, 11) is 0. The van der Waals surface area contributed by atoms with Crippen LogP contribution in [0.25, 0.3) is 0 Å². The molecule has 4 unspecified atom stereocenters. The maximum absolute atomic E-state index is 10.2. The van der Waals surface area contributed by atoms with Gasteiger partial charge in [0.05, 0.1) is 17.6 Å². The smallest absolute Gasteiger partial charge is 0.0862 e. The fourth-order valence-corrected chi connectivity index (χ4v) is 3.65. The molecule has 0 spiro atoms. The first-order chi connectivity index (χ1) is 7.23. The predicted octanol–water partition coefficient (Wildman–Crippen LogP) is 2.87. The van der Waals surface area contributed by atoms with Gasteiger partial charge in [-0.3, -0.25) is 0 Å². The molecule has 0 aliphatic heterocycles. The highest BCUT2D eigenvalue weighted by Gasteiger charge is 2.54. The number of rotatable bonds is 4. The first-order valence-electron chi connectivity index (χ1n) is 6.32. The molecule has 2 heteroatoms. The summed E-state index contributed by atoms with van der Waals surface area (Å²) in [4.78, 5) is 0. The topological polar surface area (TPSA) is 44.0 Å². The Balaban J connectivity index is 2.06. The zero-order valence-electron chi connectivity index (χ0n) is 9.58. The monoisotopic (exact) mass is 207 g/mol. The second-order valence-corrected chi connectivity index (χ2v) is 5.39. The van der Waals surface area contributed by atoms with Crippen LogP contribution in [-0.2, 0) is 0 Å². The molecule has 84 valence electrons. The molecule has 2 saturated carbocycles. The summed E-state index contributed by atoms with van der Waals surface area (Å²) in [5.74, 6) is 1.21. The Bertz CT molecular complexity index is 270. The van der Waals surface area contributed by atoms with E-state index in [4.69, 9.17) is 0 Å². The van der Waals surface area contributed by atoms with Gasteiger partial charge in [0.2, 0.25) is 0 Å². The van der Waals surface area contributed by atoms with E-state index in [1.54, 1.807) is 0 Å². The number of hydrogen-bond donors (Lipinski definition) is 1. The Kier molecular flexibility index (Phi) is 3.02. The molecule has 15 heavy (non-hydrogen) atoms. The van der Waals surface area contributed by atoms with E-state index in [0.29, 0.717) is 5.92 Å². The van der Waals surface area contributed by atoms with Crippen LogP contribution in [0.5, 0.6) is 0 Å². The number of hydrogen-bond acceptors (Lipinski definition) is 2. The van der Waals surface area contributed by atoms with Crippen molar-refractivity contribution >= 4 is 0 Å². The second-order valence-electron chi connectivity index (χ2n) is 5.39. The van der Waals surface area contributed by atoms with Crippen LogP contribution in [0.1, 0.15) is 51.9 Å². The van der Waals surface area contributed by atoms with E-state index >= 15 is 0 Å². The van der Waals surface area contributed by atoms with E-state index in [2.05, 4.69) is 13.0 Å². The van der Waals surface area contributed by atoms with Crippen molar-refractivity contribution < 1.29 is 5.11 Å². The largest absolute Gasteiger partial charge is 0.391 e. The number of nitrogens with zero attached hydrogens (tertiary/aromatic N) is 1. The van der Waals surface area contributed by atoms with Crippen molar-refractivity contribution in [3.8, 4) is 6.07 Å². The van der Waals surface area contributed by atoms with E-state index in [0.717, 1.165) is 31.6 Å². The van der Waals surface area contributed by atoms with Crippen LogP contribution in [0.3, 0.4) is 0 Å². The standard InChI is InChI=1S/C13H21NO/c1-2-3-4-12(15)13(9-14)8-10-5-6-11(13)7-10/h10-12,15H,2-8H2,1H3. The van der Waals surface area contributed by atoms with Gasteiger partial charge >= 0.3 is 0 Å². The quantitative estimate of drug-likeness (QED) is 0.770. The summed E-state index contributed by atoms with van der Waals surface area (Å²) >= 11 is 0. The second kappa shape index (κ2) is 4.14.